The van der Waals surface area contributed by atoms with Crippen molar-refractivity contribution in [3.8, 4) is 5.69 Å². The van der Waals surface area contributed by atoms with Gasteiger partial charge in [-0.2, -0.15) is 0 Å². The predicted molar refractivity (Wildman–Crippen MR) is 82.8 cm³/mol. The van der Waals surface area contributed by atoms with E-state index in [1.807, 2.05) is 53.2 Å². The Morgan fingerprint density at radius 3 is 2.60 bits per heavy atom. The molecule has 2 nitrogen and oxygen atoms in total. The van der Waals surface area contributed by atoms with Crippen molar-refractivity contribution < 1.29 is 0 Å². The van der Waals surface area contributed by atoms with Crippen molar-refractivity contribution in [2.24, 2.45) is 0 Å². The van der Waals surface area contributed by atoms with Crippen molar-refractivity contribution in [2.75, 3.05) is 0 Å². The SMILES string of the molecule is Clc1ccc(-n2ccnc2)c(Cc2ccccc2Cl)c1. The first kappa shape index (κ1) is 13.2. The quantitative estimate of drug-likeness (QED) is 0.681. The van der Waals surface area contributed by atoms with E-state index in [-0.39, 0.29) is 0 Å². The molecule has 0 N–H and O–H groups in total. The molecule has 0 aliphatic heterocycles. The van der Waals surface area contributed by atoms with E-state index in [1.165, 1.54) is 0 Å². The summed E-state index contributed by atoms with van der Waals surface area (Å²) in [6.07, 6.45) is 6.18. The Balaban J connectivity index is 2.05. The molecule has 100 valence electrons. The van der Waals surface area contributed by atoms with Gasteiger partial charge in [0.15, 0.2) is 0 Å². The molecule has 0 saturated heterocycles. The Morgan fingerprint density at radius 2 is 1.85 bits per heavy atom. The summed E-state index contributed by atoms with van der Waals surface area (Å²) in [5, 5.41) is 1.49. The fourth-order valence-corrected chi connectivity index (χ4v) is 2.59. The summed E-state index contributed by atoms with van der Waals surface area (Å²) < 4.78 is 1.97. The summed E-state index contributed by atoms with van der Waals surface area (Å²) >= 11 is 12.4. The van der Waals surface area contributed by atoms with Crippen LogP contribution < -0.4 is 0 Å². The van der Waals surface area contributed by atoms with Crippen LogP contribution in [-0.4, -0.2) is 9.55 Å². The summed E-state index contributed by atoms with van der Waals surface area (Å²) in [5.74, 6) is 0. The Hall–Kier alpha value is -1.77. The summed E-state index contributed by atoms with van der Waals surface area (Å²) in [6.45, 7) is 0. The van der Waals surface area contributed by atoms with E-state index >= 15 is 0 Å². The molecule has 3 aromatic rings. The molecule has 0 atom stereocenters. The number of nitrogens with zero attached hydrogens (tertiary/aromatic N) is 2. The number of hydrogen-bond donors (Lipinski definition) is 0. The van der Waals surface area contributed by atoms with Crippen LogP contribution in [0.1, 0.15) is 11.1 Å². The zero-order chi connectivity index (χ0) is 13.9. The lowest BCUT2D eigenvalue weighted by Gasteiger charge is -2.12. The first-order valence-electron chi connectivity index (χ1n) is 6.24. The van der Waals surface area contributed by atoms with Crippen LogP contribution in [0.3, 0.4) is 0 Å². The number of benzene rings is 2. The van der Waals surface area contributed by atoms with Gasteiger partial charge < -0.3 is 4.57 Å². The average molecular weight is 303 g/mol. The minimum absolute atomic E-state index is 0.718. The molecule has 0 bridgehead atoms. The van der Waals surface area contributed by atoms with Gasteiger partial charge in [0.25, 0.3) is 0 Å². The van der Waals surface area contributed by atoms with Crippen LogP contribution in [0.4, 0.5) is 0 Å². The van der Waals surface area contributed by atoms with Crippen LogP contribution in [0.25, 0.3) is 5.69 Å². The van der Waals surface area contributed by atoms with E-state index < -0.39 is 0 Å². The largest absolute Gasteiger partial charge is 0.306 e. The molecular weight excluding hydrogens is 291 g/mol. The van der Waals surface area contributed by atoms with Gasteiger partial charge >= 0.3 is 0 Å². The minimum Gasteiger partial charge on any atom is -0.306 e. The lowest BCUT2D eigenvalue weighted by Crippen LogP contribution is -1.99. The van der Waals surface area contributed by atoms with Crippen LogP contribution in [0.15, 0.2) is 61.2 Å². The van der Waals surface area contributed by atoms with Crippen LogP contribution in [0.5, 0.6) is 0 Å². The van der Waals surface area contributed by atoms with Gasteiger partial charge in [-0.05, 0) is 35.4 Å². The molecule has 20 heavy (non-hydrogen) atoms. The Kier molecular flexibility index (Phi) is 3.77. The summed E-state index contributed by atoms with van der Waals surface area (Å²) in [6, 6.07) is 13.7. The second-order valence-corrected chi connectivity index (χ2v) is 5.35. The Bertz CT molecular complexity index is 721. The second-order valence-electron chi connectivity index (χ2n) is 4.51. The monoisotopic (exact) mass is 302 g/mol. The number of rotatable bonds is 3. The molecule has 0 aliphatic carbocycles. The van der Waals surface area contributed by atoms with E-state index in [9.17, 15) is 0 Å². The second kappa shape index (κ2) is 5.70. The van der Waals surface area contributed by atoms with Gasteiger partial charge in [0.1, 0.15) is 0 Å². The van der Waals surface area contributed by atoms with Crippen molar-refractivity contribution in [1.29, 1.82) is 0 Å². The summed E-state index contributed by atoms with van der Waals surface area (Å²) in [5.41, 5.74) is 3.26. The molecule has 0 spiro atoms. The molecule has 0 aliphatic rings. The lowest BCUT2D eigenvalue weighted by atomic mass is 10.0. The van der Waals surface area contributed by atoms with Crippen LogP contribution >= 0.6 is 23.2 Å². The number of aromatic nitrogens is 2. The van der Waals surface area contributed by atoms with Gasteiger partial charge in [0.2, 0.25) is 0 Å². The topological polar surface area (TPSA) is 17.8 Å². The zero-order valence-electron chi connectivity index (χ0n) is 10.6. The fourth-order valence-electron chi connectivity index (χ4n) is 2.20. The van der Waals surface area contributed by atoms with E-state index in [1.54, 1.807) is 12.5 Å². The van der Waals surface area contributed by atoms with Crippen molar-refractivity contribution in [3.63, 3.8) is 0 Å². The highest BCUT2D eigenvalue weighted by Crippen LogP contribution is 2.25. The summed E-state index contributed by atoms with van der Waals surface area (Å²) in [7, 11) is 0. The predicted octanol–water partition coefficient (Wildman–Crippen LogP) is 4.77. The van der Waals surface area contributed by atoms with Gasteiger partial charge in [-0.25, -0.2) is 4.98 Å². The molecule has 0 amide bonds. The number of halogens is 2. The van der Waals surface area contributed by atoms with E-state index in [4.69, 9.17) is 23.2 Å². The molecule has 3 rings (SSSR count). The fraction of sp³-hybridized carbons (Fsp3) is 0.0625. The molecule has 0 fully saturated rings. The highest BCUT2D eigenvalue weighted by Gasteiger charge is 2.08. The highest BCUT2D eigenvalue weighted by molar-refractivity contribution is 6.31. The van der Waals surface area contributed by atoms with Crippen LogP contribution in [0.2, 0.25) is 10.0 Å². The normalized spacial score (nSPS) is 10.7. The maximum absolute atomic E-state index is 6.24. The third-order valence-corrected chi connectivity index (χ3v) is 3.77. The summed E-state index contributed by atoms with van der Waals surface area (Å²) in [4.78, 5) is 4.09. The van der Waals surface area contributed by atoms with Gasteiger partial charge in [-0.1, -0.05) is 41.4 Å². The molecule has 0 radical (unpaired) electrons. The zero-order valence-corrected chi connectivity index (χ0v) is 12.1. The smallest absolute Gasteiger partial charge is 0.0991 e. The van der Waals surface area contributed by atoms with Gasteiger partial charge in [0, 0.05) is 28.9 Å². The molecule has 2 aromatic carbocycles. The van der Waals surface area contributed by atoms with E-state index in [0.717, 1.165) is 33.3 Å². The highest BCUT2D eigenvalue weighted by atomic mass is 35.5. The van der Waals surface area contributed by atoms with Crippen molar-refractivity contribution in [2.45, 2.75) is 6.42 Å². The van der Waals surface area contributed by atoms with Gasteiger partial charge in [-0.3, -0.25) is 0 Å². The molecular formula is C16H12Cl2N2. The first-order valence-corrected chi connectivity index (χ1v) is 7.00. The van der Waals surface area contributed by atoms with E-state index in [2.05, 4.69) is 4.98 Å². The standard InChI is InChI=1S/C16H12Cl2N2/c17-14-5-6-16(20-8-7-19-11-20)13(10-14)9-12-3-1-2-4-15(12)18/h1-8,10-11H,9H2. The first-order chi connectivity index (χ1) is 9.74. The van der Waals surface area contributed by atoms with Crippen molar-refractivity contribution in [3.05, 3.63) is 82.4 Å². The molecule has 1 aromatic heterocycles. The van der Waals surface area contributed by atoms with Gasteiger partial charge in [0.05, 0.1) is 12.0 Å². The maximum Gasteiger partial charge on any atom is 0.0991 e. The molecule has 0 unspecified atom stereocenters. The lowest BCUT2D eigenvalue weighted by molar-refractivity contribution is 1.02. The minimum atomic E-state index is 0.718. The maximum atomic E-state index is 6.24. The Labute approximate surface area is 127 Å². The Morgan fingerprint density at radius 1 is 1.00 bits per heavy atom. The molecule has 0 saturated carbocycles. The van der Waals surface area contributed by atoms with Crippen LogP contribution in [-0.2, 0) is 6.42 Å². The third-order valence-electron chi connectivity index (χ3n) is 3.16. The third kappa shape index (κ3) is 2.72. The number of imidazole rings is 1. The molecule has 4 heteroatoms. The average Bonchev–Trinajstić information content (AvgIpc) is 2.95. The van der Waals surface area contributed by atoms with E-state index in [0.29, 0.717) is 0 Å². The molecule has 1 heterocycles. The van der Waals surface area contributed by atoms with Crippen molar-refractivity contribution >= 4 is 23.2 Å². The number of hydrogen-bond acceptors (Lipinski definition) is 1. The van der Waals surface area contributed by atoms with Crippen LogP contribution in [0, 0.1) is 0 Å². The van der Waals surface area contributed by atoms with Crippen molar-refractivity contribution in [1.82, 2.24) is 9.55 Å². The van der Waals surface area contributed by atoms with Gasteiger partial charge in [-0.15, -0.1) is 0 Å².